The van der Waals surface area contributed by atoms with Crippen molar-refractivity contribution in [2.75, 3.05) is 13.1 Å². The molecule has 1 amide bonds. The lowest BCUT2D eigenvalue weighted by Crippen LogP contribution is -2.51. The fourth-order valence-electron chi connectivity index (χ4n) is 5.19. The van der Waals surface area contributed by atoms with Gasteiger partial charge in [0.15, 0.2) is 0 Å². The summed E-state index contributed by atoms with van der Waals surface area (Å²) >= 11 is 6.09. The van der Waals surface area contributed by atoms with Crippen molar-refractivity contribution in [1.82, 2.24) is 9.21 Å². The van der Waals surface area contributed by atoms with E-state index in [1.54, 1.807) is 35.5 Å². The Morgan fingerprint density at radius 3 is 2.55 bits per heavy atom. The van der Waals surface area contributed by atoms with Crippen LogP contribution >= 0.6 is 11.6 Å². The number of benzene rings is 2. The van der Waals surface area contributed by atoms with Crippen LogP contribution in [0.2, 0.25) is 5.02 Å². The molecular formula is C24H29ClN2O3S. The second kappa shape index (κ2) is 9.31. The largest absolute Gasteiger partial charge is 0.338 e. The second-order valence-corrected chi connectivity index (χ2v) is 11.0. The molecular weight excluding hydrogens is 432 g/mol. The number of hydrogen-bond acceptors (Lipinski definition) is 3. The van der Waals surface area contributed by atoms with Gasteiger partial charge in [-0.1, -0.05) is 66.9 Å². The summed E-state index contributed by atoms with van der Waals surface area (Å²) in [7, 11) is -3.58. The Bertz CT molecular complexity index is 1030. The zero-order valence-electron chi connectivity index (χ0n) is 17.8. The van der Waals surface area contributed by atoms with Gasteiger partial charge in [-0.3, -0.25) is 4.79 Å². The highest BCUT2D eigenvalue weighted by Crippen LogP contribution is 2.41. The molecule has 2 fully saturated rings. The van der Waals surface area contributed by atoms with Crippen LogP contribution in [0.25, 0.3) is 0 Å². The average molecular weight is 461 g/mol. The minimum absolute atomic E-state index is 0.0203. The molecule has 0 spiro atoms. The molecule has 0 N–H and O–H groups in total. The quantitative estimate of drug-likeness (QED) is 0.678. The van der Waals surface area contributed by atoms with E-state index < -0.39 is 10.0 Å². The Kier molecular flexibility index (Phi) is 6.70. The van der Waals surface area contributed by atoms with E-state index in [4.69, 9.17) is 11.6 Å². The first-order valence-electron chi connectivity index (χ1n) is 10.9. The van der Waals surface area contributed by atoms with E-state index in [1.807, 2.05) is 35.2 Å². The van der Waals surface area contributed by atoms with E-state index in [1.165, 1.54) is 0 Å². The molecule has 0 aliphatic carbocycles. The van der Waals surface area contributed by atoms with Gasteiger partial charge in [0.2, 0.25) is 15.9 Å². The maximum absolute atomic E-state index is 13.6. The molecule has 166 valence electrons. The van der Waals surface area contributed by atoms with Crippen LogP contribution in [0.15, 0.2) is 54.6 Å². The third-order valence-electron chi connectivity index (χ3n) is 6.54. The zero-order chi connectivity index (χ0) is 22.0. The van der Waals surface area contributed by atoms with E-state index in [9.17, 15) is 13.2 Å². The topological polar surface area (TPSA) is 57.7 Å². The van der Waals surface area contributed by atoms with Gasteiger partial charge in [-0.05, 0) is 36.1 Å². The lowest BCUT2D eigenvalue weighted by atomic mass is 9.87. The van der Waals surface area contributed by atoms with Crippen LogP contribution in [-0.2, 0) is 20.6 Å². The number of hydrogen-bond donors (Lipinski definition) is 0. The summed E-state index contributed by atoms with van der Waals surface area (Å²) in [6, 6.07) is 16.7. The van der Waals surface area contributed by atoms with Gasteiger partial charge in [0.05, 0.1) is 11.8 Å². The number of likely N-dealkylation sites (tertiary alicyclic amines) is 1. The molecule has 0 bridgehead atoms. The molecule has 2 aliphatic heterocycles. The van der Waals surface area contributed by atoms with Crippen molar-refractivity contribution in [3.63, 3.8) is 0 Å². The summed E-state index contributed by atoms with van der Waals surface area (Å²) in [5, 5.41) is 0.530. The number of rotatable bonds is 4. The average Bonchev–Trinajstić information content (AvgIpc) is 3.07. The van der Waals surface area contributed by atoms with Crippen LogP contribution in [0.1, 0.15) is 49.7 Å². The van der Waals surface area contributed by atoms with Gasteiger partial charge in [-0.25, -0.2) is 8.42 Å². The molecule has 2 heterocycles. The minimum Gasteiger partial charge on any atom is -0.338 e. The number of carbonyl (C=O) groups is 1. The first-order chi connectivity index (χ1) is 14.9. The second-order valence-electron chi connectivity index (χ2n) is 8.59. The molecule has 31 heavy (non-hydrogen) atoms. The van der Waals surface area contributed by atoms with E-state index in [2.05, 4.69) is 0 Å². The highest BCUT2D eigenvalue weighted by Gasteiger charge is 2.50. The Balaban J connectivity index is 1.73. The fourth-order valence-corrected chi connectivity index (χ4v) is 7.20. The van der Waals surface area contributed by atoms with Crippen LogP contribution in [-0.4, -0.2) is 48.7 Å². The number of carbonyl (C=O) groups excluding carboxylic acids is 1. The van der Waals surface area contributed by atoms with Crippen molar-refractivity contribution in [3.8, 4) is 0 Å². The Labute approximate surface area is 190 Å². The van der Waals surface area contributed by atoms with Crippen LogP contribution in [0.4, 0.5) is 0 Å². The molecule has 0 aromatic heterocycles. The van der Waals surface area contributed by atoms with Crippen LogP contribution < -0.4 is 0 Å². The monoisotopic (exact) mass is 460 g/mol. The van der Waals surface area contributed by atoms with Gasteiger partial charge in [-0.2, -0.15) is 4.31 Å². The highest BCUT2D eigenvalue weighted by molar-refractivity contribution is 7.88. The molecule has 3 atom stereocenters. The number of fused-ring (bicyclic) bond motifs is 1. The highest BCUT2D eigenvalue weighted by atomic mass is 35.5. The molecule has 4 rings (SSSR count). The summed E-state index contributed by atoms with van der Waals surface area (Å²) in [5.41, 5.74) is 1.77. The predicted molar refractivity (Wildman–Crippen MR) is 123 cm³/mol. The molecule has 0 unspecified atom stereocenters. The third kappa shape index (κ3) is 4.81. The number of amides is 1. The van der Waals surface area contributed by atoms with E-state index in [0.29, 0.717) is 23.7 Å². The van der Waals surface area contributed by atoms with Crippen molar-refractivity contribution in [1.29, 1.82) is 0 Å². The lowest BCUT2D eigenvalue weighted by Gasteiger charge is -2.38. The molecule has 2 saturated heterocycles. The van der Waals surface area contributed by atoms with Crippen LogP contribution in [0.5, 0.6) is 0 Å². The van der Waals surface area contributed by atoms with Crippen molar-refractivity contribution >= 4 is 27.5 Å². The van der Waals surface area contributed by atoms with Gasteiger partial charge in [0.25, 0.3) is 0 Å². The Morgan fingerprint density at radius 2 is 1.84 bits per heavy atom. The molecule has 2 aromatic rings. The van der Waals surface area contributed by atoms with Crippen molar-refractivity contribution < 1.29 is 13.2 Å². The molecule has 5 nitrogen and oxygen atoms in total. The molecule has 2 aliphatic rings. The van der Waals surface area contributed by atoms with E-state index in [-0.39, 0.29) is 29.7 Å². The fraction of sp³-hybridized carbons (Fsp3) is 0.458. The summed E-state index contributed by atoms with van der Waals surface area (Å²) in [6.45, 7) is 2.68. The summed E-state index contributed by atoms with van der Waals surface area (Å²) in [5.74, 6) is -0.104. The minimum atomic E-state index is -3.58. The van der Waals surface area contributed by atoms with Gasteiger partial charge in [-0.15, -0.1) is 0 Å². The van der Waals surface area contributed by atoms with Crippen molar-refractivity contribution in [3.05, 3.63) is 70.7 Å². The molecule has 2 aromatic carbocycles. The van der Waals surface area contributed by atoms with Gasteiger partial charge in [0, 0.05) is 37.0 Å². The SMILES string of the molecule is CC(=O)N1CCCCC[C@@H]2[C@H]1[C@@H](c1ccccc1)CN2S(=O)(=O)Cc1cccc(Cl)c1. The molecule has 0 radical (unpaired) electrons. The van der Waals surface area contributed by atoms with Crippen LogP contribution in [0.3, 0.4) is 0 Å². The number of nitrogens with zero attached hydrogens (tertiary/aromatic N) is 2. The normalized spacial score (nSPS) is 25.0. The third-order valence-corrected chi connectivity index (χ3v) is 8.61. The van der Waals surface area contributed by atoms with Gasteiger partial charge < -0.3 is 4.90 Å². The smallest absolute Gasteiger partial charge is 0.219 e. The summed E-state index contributed by atoms with van der Waals surface area (Å²) in [4.78, 5) is 14.5. The van der Waals surface area contributed by atoms with Crippen molar-refractivity contribution in [2.45, 2.75) is 56.4 Å². The van der Waals surface area contributed by atoms with E-state index >= 15 is 0 Å². The number of sulfonamides is 1. The standard InChI is InChI=1S/C24H29ClN2O3S/c1-18(28)26-14-7-3-6-13-23-24(26)22(20-10-4-2-5-11-20)16-27(23)31(29,30)17-19-9-8-12-21(25)15-19/h2,4-5,8-12,15,22-24H,3,6-7,13-14,16-17H2,1H3/t22-,23-,24-/m1/s1. The first-order valence-corrected chi connectivity index (χ1v) is 12.9. The summed E-state index contributed by atoms with van der Waals surface area (Å²) < 4.78 is 28.9. The van der Waals surface area contributed by atoms with Gasteiger partial charge >= 0.3 is 0 Å². The predicted octanol–water partition coefficient (Wildman–Crippen LogP) is 4.43. The molecule has 0 saturated carbocycles. The van der Waals surface area contributed by atoms with E-state index in [0.717, 1.165) is 31.2 Å². The zero-order valence-corrected chi connectivity index (χ0v) is 19.4. The lowest BCUT2D eigenvalue weighted by molar-refractivity contribution is -0.132. The van der Waals surface area contributed by atoms with Gasteiger partial charge in [0.1, 0.15) is 0 Å². The molecule has 7 heteroatoms. The first kappa shape index (κ1) is 22.3. The number of halogens is 1. The Hall–Kier alpha value is -1.89. The summed E-state index contributed by atoms with van der Waals surface area (Å²) in [6.07, 6.45) is 3.70. The Morgan fingerprint density at radius 1 is 1.06 bits per heavy atom. The maximum Gasteiger partial charge on any atom is 0.219 e. The van der Waals surface area contributed by atoms with Crippen LogP contribution in [0, 0.1) is 0 Å². The maximum atomic E-state index is 13.6. The van der Waals surface area contributed by atoms with Crippen molar-refractivity contribution in [2.24, 2.45) is 0 Å².